The van der Waals surface area contributed by atoms with Crippen LogP contribution in [0.25, 0.3) is 10.1 Å². The summed E-state index contributed by atoms with van der Waals surface area (Å²) >= 11 is 1.61. The molecule has 0 bridgehead atoms. The fourth-order valence-corrected chi connectivity index (χ4v) is 4.71. The van der Waals surface area contributed by atoms with Gasteiger partial charge in [-0.05, 0) is 50.2 Å². The van der Waals surface area contributed by atoms with Gasteiger partial charge in [0.1, 0.15) is 0 Å². The van der Waals surface area contributed by atoms with Crippen LogP contribution in [0, 0.1) is 6.92 Å². The van der Waals surface area contributed by atoms with Crippen LogP contribution in [-0.4, -0.2) is 60.1 Å². The maximum absolute atomic E-state index is 12.9. The number of carbonyl (C=O) groups excluding carboxylic acids is 1. The van der Waals surface area contributed by atoms with Gasteiger partial charge in [-0.2, -0.15) is 0 Å². The minimum absolute atomic E-state index is 0.185. The second-order valence-electron chi connectivity index (χ2n) is 6.63. The number of amides is 1. The molecule has 4 nitrogen and oxygen atoms in total. The number of piperidine rings is 1. The zero-order chi connectivity index (χ0) is 17.1. The Morgan fingerprint density at radius 2 is 2.04 bits per heavy atom. The quantitative estimate of drug-likeness (QED) is 0.904. The van der Waals surface area contributed by atoms with Gasteiger partial charge in [0, 0.05) is 37.0 Å². The van der Waals surface area contributed by atoms with Crippen molar-refractivity contribution in [3.8, 4) is 0 Å². The molecular formula is C19H26N2O2S. The predicted octanol–water partition coefficient (Wildman–Crippen LogP) is 3.13. The highest BCUT2D eigenvalue weighted by Crippen LogP contribution is 2.32. The summed E-state index contributed by atoms with van der Waals surface area (Å²) in [6.07, 6.45) is 2.84. The lowest BCUT2D eigenvalue weighted by Crippen LogP contribution is -2.45. The number of aliphatic hydroxyl groups excluding tert-OH is 1. The van der Waals surface area contributed by atoms with Crippen LogP contribution < -0.4 is 0 Å². The zero-order valence-electron chi connectivity index (χ0n) is 14.5. The molecule has 130 valence electrons. The maximum atomic E-state index is 12.9. The molecule has 5 heteroatoms. The van der Waals surface area contributed by atoms with E-state index in [0.717, 1.165) is 49.3 Å². The summed E-state index contributed by atoms with van der Waals surface area (Å²) in [5.41, 5.74) is 1.11. The number of likely N-dealkylation sites (tertiary alicyclic amines) is 1. The third kappa shape index (κ3) is 3.48. The number of hydrogen-bond donors (Lipinski definition) is 1. The Bertz CT molecular complexity index is 704. The maximum Gasteiger partial charge on any atom is 0.264 e. The van der Waals surface area contributed by atoms with Crippen molar-refractivity contribution in [3.63, 3.8) is 0 Å². The van der Waals surface area contributed by atoms with Gasteiger partial charge in [-0.3, -0.25) is 4.79 Å². The highest BCUT2D eigenvalue weighted by molar-refractivity contribution is 7.21. The van der Waals surface area contributed by atoms with E-state index >= 15 is 0 Å². The molecule has 24 heavy (non-hydrogen) atoms. The van der Waals surface area contributed by atoms with Gasteiger partial charge in [-0.25, -0.2) is 0 Å². The van der Waals surface area contributed by atoms with Gasteiger partial charge >= 0.3 is 0 Å². The Labute approximate surface area is 147 Å². The fourth-order valence-electron chi connectivity index (χ4n) is 3.53. The number of thiophene rings is 1. The molecular weight excluding hydrogens is 320 g/mol. The first-order valence-corrected chi connectivity index (χ1v) is 9.52. The Morgan fingerprint density at radius 3 is 2.71 bits per heavy atom. The normalized spacial score (nSPS) is 16.2. The molecule has 2 aromatic rings. The van der Waals surface area contributed by atoms with Gasteiger partial charge < -0.3 is 14.9 Å². The van der Waals surface area contributed by atoms with Gasteiger partial charge in [0.25, 0.3) is 5.91 Å². The van der Waals surface area contributed by atoms with E-state index in [9.17, 15) is 4.79 Å². The molecule has 0 unspecified atom stereocenters. The number of carbonyl (C=O) groups is 1. The van der Waals surface area contributed by atoms with Gasteiger partial charge in [-0.15, -0.1) is 11.3 Å². The number of nitrogens with zero attached hydrogens (tertiary/aromatic N) is 2. The molecule has 0 atom stereocenters. The average molecular weight is 346 g/mol. The lowest BCUT2D eigenvalue weighted by Gasteiger charge is -2.36. The van der Waals surface area contributed by atoms with E-state index in [1.54, 1.807) is 11.3 Å². The molecule has 1 saturated heterocycles. The van der Waals surface area contributed by atoms with Gasteiger partial charge in [0.05, 0.1) is 4.88 Å². The largest absolute Gasteiger partial charge is 0.396 e. The number of rotatable bonds is 5. The molecule has 1 amide bonds. The predicted molar refractivity (Wildman–Crippen MR) is 99.8 cm³/mol. The zero-order valence-corrected chi connectivity index (χ0v) is 15.3. The molecule has 0 saturated carbocycles. The van der Waals surface area contributed by atoms with Crippen molar-refractivity contribution in [1.29, 1.82) is 0 Å². The number of aryl methyl sites for hydroxylation is 1. The molecule has 1 aromatic carbocycles. The first kappa shape index (κ1) is 17.4. The Morgan fingerprint density at radius 1 is 1.33 bits per heavy atom. The topological polar surface area (TPSA) is 43.8 Å². The second-order valence-corrected chi connectivity index (χ2v) is 7.69. The van der Waals surface area contributed by atoms with Crippen molar-refractivity contribution in [2.45, 2.75) is 32.2 Å². The van der Waals surface area contributed by atoms with Crippen molar-refractivity contribution in [2.24, 2.45) is 0 Å². The van der Waals surface area contributed by atoms with Crippen molar-refractivity contribution >= 4 is 27.3 Å². The summed E-state index contributed by atoms with van der Waals surface area (Å²) < 4.78 is 1.19. The summed E-state index contributed by atoms with van der Waals surface area (Å²) in [5.74, 6) is 0.185. The summed E-state index contributed by atoms with van der Waals surface area (Å²) in [6.45, 7) is 4.86. The van der Waals surface area contributed by atoms with Crippen molar-refractivity contribution < 1.29 is 9.90 Å². The minimum atomic E-state index is 0.185. The second kappa shape index (κ2) is 7.64. The Kier molecular flexibility index (Phi) is 5.54. The molecule has 0 radical (unpaired) electrons. The van der Waals surface area contributed by atoms with E-state index in [0.29, 0.717) is 6.04 Å². The van der Waals surface area contributed by atoms with Crippen LogP contribution in [0.15, 0.2) is 24.3 Å². The van der Waals surface area contributed by atoms with E-state index in [1.165, 1.54) is 10.1 Å². The number of fused-ring (bicyclic) bond motifs is 1. The van der Waals surface area contributed by atoms with Gasteiger partial charge in [0.15, 0.2) is 0 Å². The van der Waals surface area contributed by atoms with E-state index in [1.807, 2.05) is 17.0 Å². The SMILES string of the molecule is Cc1c(C(=O)N2CCC(N(C)CCCO)CC2)sc2ccccc12. The van der Waals surface area contributed by atoms with E-state index < -0.39 is 0 Å². The van der Waals surface area contributed by atoms with E-state index in [4.69, 9.17) is 5.11 Å². The Hall–Kier alpha value is -1.43. The smallest absolute Gasteiger partial charge is 0.264 e. The number of benzene rings is 1. The average Bonchev–Trinajstić information content (AvgIpc) is 2.96. The van der Waals surface area contributed by atoms with E-state index in [-0.39, 0.29) is 12.5 Å². The summed E-state index contributed by atoms with van der Waals surface area (Å²) in [5, 5.41) is 10.2. The monoisotopic (exact) mass is 346 g/mol. The molecule has 1 aliphatic rings. The van der Waals surface area contributed by atoms with Crippen LogP contribution in [0.3, 0.4) is 0 Å². The summed E-state index contributed by atoms with van der Waals surface area (Å²) in [7, 11) is 2.12. The molecule has 1 fully saturated rings. The molecule has 2 heterocycles. The third-order valence-electron chi connectivity index (χ3n) is 5.08. The van der Waals surface area contributed by atoms with Crippen molar-refractivity contribution in [3.05, 3.63) is 34.7 Å². The standard InChI is InChI=1S/C19H26N2O2S/c1-14-16-6-3-4-7-17(16)24-18(14)19(23)21-11-8-15(9-12-21)20(2)10-5-13-22/h3-4,6-7,15,22H,5,8-13H2,1-2H3. The first-order valence-electron chi connectivity index (χ1n) is 8.70. The van der Waals surface area contributed by atoms with Crippen molar-refractivity contribution in [1.82, 2.24) is 9.80 Å². The number of hydrogen-bond acceptors (Lipinski definition) is 4. The first-order chi connectivity index (χ1) is 11.6. The van der Waals surface area contributed by atoms with Crippen LogP contribution in [0.5, 0.6) is 0 Å². The lowest BCUT2D eigenvalue weighted by atomic mass is 10.0. The van der Waals surface area contributed by atoms with Gasteiger partial charge in [-0.1, -0.05) is 18.2 Å². The molecule has 1 N–H and O–H groups in total. The van der Waals surface area contributed by atoms with Gasteiger partial charge in [0.2, 0.25) is 0 Å². The molecule has 1 aromatic heterocycles. The van der Waals surface area contributed by atoms with Crippen LogP contribution in [0.4, 0.5) is 0 Å². The fraction of sp³-hybridized carbons (Fsp3) is 0.526. The van der Waals surface area contributed by atoms with Crippen LogP contribution in [-0.2, 0) is 0 Å². The molecule has 1 aliphatic heterocycles. The lowest BCUT2D eigenvalue weighted by molar-refractivity contribution is 0.0645. The summed E-state index contributed by atoms with van der Waals surface area (Å²) in [4.78, 5) is 18.2. The van der Waals surface area contributed by atoms with Crippen LogP contribution >= 0.6 is 11.3 Å². The summed E-state index contributed by atoms with van der Waals surface area (Å²) in [6, 6.07) is 8.76. The highest BCUT2D eigenvalue weighted by atomic mass is 32.1. The number of aliphatic hydroxyl groups is 1. The van der Waals surface area contributed by atoms with Crippen molar-refractivity contribution in [2.75, 3.05) is 33.3 Å². The molecule has 3 rings (SSSR count). The minimum Gasteiger partial charge on any atom is -0.396 e. The third-order valence-corrected chi connectivity index (χ3v) is 6.34. The molecule has 0 aliphatic carbocycles. The molecule has 0 spiro atoms. The van der Waals surface area contributed by atoms with E-state index in [2.05, 4.69) is 31.0 Å². The van der Waals surface area contributed by atoms with Crippen LogP contribution in [0.1, 0.15) is 34.5 Å². The Balaban J connectivity index is 1.65. The highest BCUT2D eigenvalue weighted by Gasteiger charge is 2.27. The van der Waals surface area contributed by atoms with Crippen LogP contribution in [0.2, 0.25) is 0 Å².